The van der Waals surface area contributed by atoms with Gasteiger partial charge in [0.15, 0.2) is 5.69 Å². The minimum atomic E-state index is -1.09. The molecular weight excluding hydrogens is 313 g/mol. The third-order valence-corrected chi connectivity index (χ3v) is 4.28. The number of aromatic carboxylic acids is 1. The molecule has 0 aliphatic heterocycles. The highest BCUT2D eigenvalue weighted by atomic mass is 19.1. The summed E-state index contributed by atoms with van der Waals surface area (Å²) in [6.07, 6.45) is 3.36. The molecule has 1 aromatic heterocycles. The Balaban J connectivity index is 1.73. The van der Waals surface area contributed by atoms with Crippen LogP contribution in [0.1, 0.15) is 40.4 Å². The smallest absolute Gasteiger partial charge is 0.354 e. The van der Waals surface area contributed by atoms with Crippen molar-refractivity contribution in [3.8, 4) is 0 Å². The number of carboxylic acids is 1. The summed E-state index contributed by atoms with van der Waals surface area (Å²) in [4.78, 5) is 23.8. The molecule has 0 spiro atoms. The van der Waals surface area contributed by atoms with Gasteiger partial charge in [0.2, 0.25) is 5.91 Å². The molecule has 1 saturated carbocycles. The topological polar surface area (TPSA) is 84.2 Å². The van der Waals surface area contributed by atoms with Crippen molar-refractivity contribution in [3.63, 3.8) is 0 Å². The molecule has 24 heavy (non-hydrogen) atoms. The second-order valence-electron chi connectivity index (χ2n) is 6.03. The van der Waals surface area contributed by atoms with Gasteiger partial charge in [0, 0.05) is 19.2 Å². The highest BCUT2D eigenvalue weighted by Crippen LogP contribution is 2.42. The lowest BCUT2D eigenvalue weighted by Gasteiger charge is -2.16. The van der Waals surface area contributed by atoms with Gasteiger partial charge in [-0.3, -0.25) is 9.48 Å². The minimum absolute atomic E-state index is 0.0556. The van der Waals surface area contributed by atoms with Crippen molar-refractivity contribution in [2.45, 2.75) is 25.3 Å². The van der Waals surface area contributed by atoms with Crippen LogP contribution in [-0.4, -0.2) is 26.8 Å². The molecule has 1 atom stereocenters. The molecule has 1 aliphatic rings. The van der Waals surface area contributed by atoms with Crippen LogP contribution in [0.4, 0.5) is 4.39 Å². The van der Waals surface area contributed by atoms with Crippen molar-refractivity contribution < 1.29 is 19.1 Å². The average Bonchev–Trinajstić information content (AvgIpc) is 3.29. The number of hydrogen-bond acceptors (Lipinski definition) is 3. The molecule has 2 N–H and O–H groups in total. The Hall–Kier alpha value is -2.70. The first-order chi connectivity index (χ1) is 11.5. The van der Waals surface area contributed by atoms with E-state index < -0.39 is 5.97 Å². The SMILES string of the molecule is Cn1ncc(CNC(=O)C(c2ccc(F)cc2)C2CC2)c1C(=O)O. The van der Waals surface area contributed by atoms with Crippen molar-refractivity contribution in [1.29, 1.82) is 0 Å². The van der Waals surface area contributed by atoms with Crippen LogP contribution >= 0.6 is 0 Å². The molecule has 0 bridgehead atoms. The molecular formula is C17H18FN3O3. The number of carbonyl (C=O) groups is 2. The van der Waals surface area contributed by atoms with Gasteiger partial charge in [0.25, 0.3) is 0 Å². The second kappa shape index (κ2) is 6.43. The summed E-state index contributed by atoms with van der Waals surface area (Å²) < 4.78 is 14.4. The molecule has 1 fully saturated rings. The third kappa shape index (κ3) is 3.29. The van der Waals surface area contributed by atoms with Gasteiger partial charge in [-0.15, -0.1) is 0 Å². The zero-order valence-corrected chi connectivity index (χ0v) is 13.2. The molecule has 0 saturated heterocycles. The van der Waals surface area contributed by atoms with Crippen LogP contribution in [0.2, 0.25) is 0 Å². The van der Waals surface area contributed by atoms with Gasteiger partial charge in [-0.05, 0) is 36.5 Å². The maximum Gasteiger partial charge on any atom is 0.354 e. The predicted octanol–water partition coefficient (Wildman–Crippen LogP) is 2.07. The van der Waals surface area contributed by atoms with Gasteiger partial charge in [0.1, 0.15) is 5.82 Å². The van der Waals surface area contributed by atoms with Crippen molar-refractivity contribution in [1.82, 2.24) is 15.1 Å². The van der Waals surface area contributed by atoms with Crippen LogP contribution < -0.4 is 5.32 Å². The first kappa shape index (κ1) is 16.2. The number of amides is 1. The summed E-state index contributed by atoms with van der Waals surface area (Å²) >= 11 is 0. The molecule has 1 heterocycles. The summed E-state index contributed by atoms with van der Waals surface area (Å²) in [5, 5.41) is 15.9. The fourth-order valence-corrected chi connectivity index (χ4v) is 2.92. The molecule has 2 aromatic rings. The van der Waals surface area contributed by atoms with Crippen LogP contribution in [0, 0.1) is 11.7 Å². The molecule has 7 heteroatoms. The van der Waals surface area contributed by atoms with E-state index in [1.807, 2.05) is 0 Å². The van der Waals surface area contributed by atoms with Crippen LogP contribution in [0.15, 0.2) is 30.5 Å². The Kier molecular flexibility index (Phi) is 4.33. The maximum atomic E-state index is 13.1. The van der Waals surface area contributed by atoms with Gasteiger partial charge in [-0.25, -0.2) is 9.18 Å². The fraction of sp³-hybridized carbons (Fsp3) is 0.353. The predicted molar refractivity (Wildman–Crippen MR) is 83.9 cm³/mol. The van der Waals surface area contributed by atoms with Crippen molar-refractivity contribution in [2.24, 2.45) is 13.0 Å². The molecule has 6 nitrogen and oxygen atoms in total. The third-order valence-electron chi connectivity index (χ3n) is 4.28. The van der Waals surface area contributed by atoms with Crippen LogP contribution in [-0.2, 0) is 18.4 Å². The average molecular weight is 331 g/mol. The first-order valence-corrected chi connectivity index (χ1v) is 7.74. The number of aryl methyl sites for hydroxylation is 1. The van der Waals surface area contributed by atoms with E-state index in [2.05, 4.69) is 10.4 Å². The summed E-state index contributed by atoms with van der Waals surface area (Å²) in [5.74, 6) is -1.69. The van der Waals surface area contributed by atoms with E-state index in [9.17, 15) is 19.1 Å². The maximum absolute atomic E-state index is 13.1. The molecule has 0 radical (unpaired) electrons. The lowest BCUT2D eigenvalue weighted by atomic mass is 9.93. The first-order valence-electron chi connectivity index (χ1n) is 7.74. The van der Waals surface area contributed by atoms with E-state index in [0.29, 0.717) is 5.56 Å². The summed E-state index contributed by atoms with van der Waals surface area (Å²) in [6.45, 7) is 0.0960. The number of nitrogens with zero attached hydrogens (tertiary/aromatic N) is 2. The normalized spacial score (nSPS) is 15.1. The number of nitrogens with one attached hydrogen (secondary N) is 1. The summed E-state index contributed by atoms with van der Waals surface area (Å²) in [5.41, 5.74) is 1.29. The van der Waals surface area contributed by atoms with Gasteiger partial charge >= 0.3 is 5.97 Å². The van der Waals surface area contributed by atoms with Crippen molar-refractivity contribution in [3.05, 3.63) is 53.1 Å². The van der Waals surface area contributed by atoms with Crippen LogP contribution in [0.3, 0.4) is 0 Å². The zero-order chi connectivity index (χ0) is 17.3. The number of carboxylic acid groups (broad SMARTS) is 1. The lowest BCUT2D eigenvalue weighted by molar-refractivity contribution is -0.123. The van der Waals surface area contributed by atoms with E-state index in [0.717, 1.165) is 18.4 Å². The molecule has 1 aromatic carbocycles. The van der Waals surface area contributed by atoms with Crippen LogP contribution in [0.5, 0.6) is 0 Å². The molecule has 1 amide bonds. The Labute approximate surface area is 138 Å². The number of carbonyl (C=O) groups excluding carboxylic acids is 1. The second-order valence-corrected chi connectivity index (χ2v) is 6.03. The van der Waals surface area contributed by atoms with E-state index in [4.69, 9.17) is 0 Å². The van der Waals surface area contributed by atoms with E-state index in [1.54, 1.807) is 19.2 Å². The van der Waals surface area contributed by atoms with Gasteiger partial charge in [-0.2, -0.15) is 5.10 Å². The molecule has 1 unspecified atom stereocenters. The summed E-state index contributed by atoms with van der Waals surface area (Å²) in [6, 6.07) is 5.96. The van der Waals surface area contributed by atoms with Crippen LogP contribution in [0.25, 0.3) is 0 Å². The number of benzene rings is 1. The highest BCUT2D eigenvalue weighted by molar-refractivity contribution is 5.88. The number of hydrogen-bond donors (Lipinski definition) is 2. The van der Waals surface area contributed by atoms with Gasteiger partial charge < -0.3 is 10.4 Å². The van der Waals surface area contributed by atoms with Gasteiger partial charge in [0.05, 0.1) is 12.1 Å². The number of rotatable bonds is 6. The van der Waals surface area contributed by atoms with Gasteiger partial charge in [-0.1, -0.05) is 12.1 Å². The Morgan fingerprint density at radius 3 is 2.62 bits per heavy atom. The molecule has 3 rings (SSSR count). The molecule has 126 valence electrons. The Bertz CT molecular complexity index is 766. The minimum Gasteiger partial charge on any atom is -0.477 e. The summed E-state index contributed by atoms with van der Waals surface area (Å²) in [7, 11) is 1.54. The fourth-order valence-electron chi connectivity index (χ4n) is 2.92. The van der Waals surface area contributed by atoms with E-state index in [-0.39, 0.29) is 35.8 Å². The highest BCUT2D eigenvalue weighted by Gasteiger charge is 2.37. The van der Waals surface area contributed by atoms with Crippen molar-refractivity contribution in [2.75, 3.05) is 0 Å². The monoisotopic (exact) mass is 331 g/mol. The number of aromatic nitrogens is 2. The van der Waals surface area contributed by atoms with E-state index >= 15 is 0 Å². The Morgan fingerprint density at radius 2 is 2.04 bits per heavy atom. The quantitative estimate of drug-likeness (QED) is 0.849. The standard InChI is InChI=1S/C17H18FN3O3/c1-21-15(17(23)24)12(9-20-21)8-19-16(22)14(10-2-3-10)11-4-6-13(18)7-5-11/h4-7,9-10,14H,2-3,8H2,1H3,(H,19,22)(H,23,24). The van der Waals surface area contributed by atoms with Crippen molar-refractivity contribution >= 4 is 11.9 Å². The number of halogens is 1. The molecule has 1 aliphatic carbocycles. The largest absolute Gasteiger partial charge is 0.477 e. The van der Waals surface area contributed by atoms with E-state index in [1.165, 1.54) is 23.0 Å². The zero-order valence-electron chi connectivity index (χ0n) is 13.2. The Morgan fingerprint density at radius 1 is 1.38 bits per heavy atom. The lowest BCUT2D eigenvalue weighted by Crippen LogP contribution is -2.30.